The van der Waals surface area contributed by atoms with Crippen molar-refractivity contribution in [3.63, 3.8) is 0 Å². The van der Waals surface area contributed by atoms with Crippen LogP contribution in [0.15, 0.2) is 57.9 Å². The lowest BCUT2D eigenvalue weighted by molar-refractivity contribution is -0.113. The van der Waals surface area contributed by atoms with Gasteiger partial charge in [-0.1, -0.05) is 12.1 Å². The summed E-state index contributed by atoms with van der Waals surface area (Å²) in [5.41, 5.74) is 0.943. The first-order valence-corrected chi connectivity index (χ1v) is 9.34. The lowest BCUT2D eigenvalue weighted by Gasteiger charge is -2.23. The highest BCUT2D eigenvalue weighted by Crippen LogP contribution is 2.23. The van der Waals surface area contributed by atoms with Crippen molar-refractivity contribution in [2.24, 2.45) is 4.40 Å². The number of thiophene rings is 1. The summed E-state index contributed by atoms with van der Waals surface area (Å²) in [6.45, 7) is 0. The third kappa shape index (κ3) is 3.45. The van der Waals surface area contributed by atoms with Gasteiger partial charge in [-0.25, -0.2) is 4.31 Å². The minimum absolute atomic E-state index is 0.0549. The van der Waals surface area contributed by atoms with Gasteiger partial charge in [-0.2, -0.15) is 13.7 Å². The number of allylic oxidation sites excluding steroid dienone is 1. The maximum atomic E-state index is 12.6. The molecule has 2 heterocycles. The van der Waals surface area contributed by atoms with Crippen molar-refractivity contribution in [3.05, 3.63) is 64.0 Å². The molecule has 1 aliphatic heterocycles. The van der Waals surface area contributed by atoms with Crippen molar-refractivity contribution in [1.82, 2.24) is 4.31 Å². The van der Waals surface area contributed by atoms with Gasteiger partial charge >= 0.3 is 10.2 Å². The number of hydrogen-bond donors (Lipinski definition) is 1. The number of likely N-dealkylation sites (N-methyl/N-ethyl adjacent to an activating group) is 1. The highest BCUT2D eigenvalue weighted by molar-refractivity contribution is 7.88. The van der Waals surface area contributed by atoms with E-state index in [1.54, 1.807) is 35.7 Å². The maximum absolute atomic E-state index is 12.6. The molecule has 2 aromatic rings. The Labute approximate surface area is 148 Å². The van der Waals surface area contributed by atoms with E-state index in [4.69, 9.17) is 5.26 Å². The van der Waals surface area contributed by atoms with Gasteiger partial charge in [-0.3, -0.25) is 4.79 Å². The number of anilines is 1. The van der Waals surface area contributed by atoms with Crippen molar-refractivity contribution in [1.29, 1.82) is 5.26 Å². The Morgan fingerprint density at radius 1 is 1.32 bits per heavy atom. The van der Waals surface area contributed by atoms with Crippen LogP contribution in [0.2, 0.25) is 0 Å². The van der Waals surface area contributed by atoms with Crippen molar-refractivity contribution >= 4 is 38.9 Å². The van der Waals surface area contributed by atoms with Crippen LogP contribution in [0.3, 0.4) is 0 Å². The van der Waals surface area contributed by atoms with Gasteiger partial charge in [0.15, 0.2) is 0 Å². The average Bonchev–Trinajstić information content (AvgIpc) is 3.11. The summed E-state index contributed by atoms with van der Waals surface area (Å²) >= 11 is 1.33. The van der Waals surface area contributed by atoms with E-state index in [2.05, 4.69) is 9.71 Å². The van der Waals surface area contributed by atoms with Gasteiger partial charge < -0.3 is 5.32 Å². The second-order valence-corrected chi connectivity index (χ2v) is 7.65. The number of hydrogen-bond acceptors (Lipinski definition) is 5. The number of carbonyl (C=O) groups is 1. The average molecular weight is 372 g/mol. The van der Waals surface area contributed by atoms with E-state index in [9.17, 15) is 13.2 Å². The normalized spacial score (nSPS) is 15.8. The standard InChI is InChI=1S/C16H12N4O3S2/c1-20-14(16(21)18-12-5-2-4-11(8-12)10-17)9-13(19-25(20,22)23)15-6-3-7-24-15/h2-9H,1H3,(H,18,21). The molecule has 0 saturated heterocycles. The molecule has 0 radical (unpaired) electrons. The summed E-state index contributed by atoms with van der Waals surface area (Å²) < 4.78 is 29.0. The second kappa shape index (κ2) is 6.51. The molecule has 1 aromatic carbocycles. The first-order valence-electron chi connectivity index (χ1n) is 7.06. The number of nitrogens with zero attached hydrogens (tertiary/aromatic N) is 3. The molecular weight excluding hydrogens is 360 g/mol. The van der Waals surface area contributed by atoms with Crippen LogP contribution >= 0.6 is 11.3 Å². The summed E-state index contributed by atoms with van der Waals surface area (Å²) in [5.74, 6) is -0.606. The molecule has 126 valence electrons. The second-order valence-electron chi connectivity index (χ2n) is 5.08. The first-order chi connectivity index (χ1) is 11.9. The Hall–Kier alpha value is -2.96. The molecule has 7 nitrogen and oxygen atoms in total. The quantitative estimate of drug-likeness (QED) is 0.891. The van der Waals surface area contributed by atoms with E-state index in [1.807, 2.05) is 6.07 Å². The summed E-state index contributed by atoms with van der Waals surface area (Å²) in [6.07, 6.45) is 1.43. The van der Waals surface area contributed by atoms with Crippen molar-refractivity contribution in [3.8, 4) is 6.07 Å². The molecule has 25 heavy (non-hydrogen) atoms. The highest BCUT2D eigenvalue weighted by Gasteiger charge is 2.30. The zero-order valence-electron chi connectivity index (χ0n) is 13.0. The molecule has 0 saturated carbocycles. The minimum Gasteiger partial charge on any atom is -0.321 e. The van der Waals surface area contributed by atoms with Crippen LogP contribution in [0.5, 0.6) is 0 Å². The number of carbonyl (C=O) groups excluding carboxylic acids is 1. The summed E-state index contributed by atoms with van der Waals surface area (Å²) in [4.78, 5) is 13.2. The van der Waals surface area contributed by atoms with E-state index in [0.717, 1.165) is 4.31 Å². The third-order valence-electron chi connectivity index (χ3n) is 3.43. The van der Waals surface area contributed by atoms with E-state index >= 15 is 0 Å². The molecular formula is C16H12N4O3S2. The Kier molecular flexibility index (Phi) is 4.39. The molecule has 1 N–H and O–H groups in total. The number of benzene rings is 1. The molecule has 0 bridgehead atoms. The number of rotatable bonds is 3. The van der Waals surface area contributed by atoms with E-state index < -0.39 is 16.1 Å². The van der Waals surface area contributed by atoms with Gasteiger partial charge in [0.1, 0.15) is 5.70 Å². The van der Waals surface area contributed by atoms with Crippen LogP contribution in [0, 0.1) is 11.3 Å². The molecule has 0 spiro atoms. The highest BCUT2D eigenvalue weighted by atomic mass is 32.2. The molecule has 0 atom stereocenters. The predicted molar refractivity (Wildman–Crippen MR) is 95.4 cm³/mol. The van der Waals surface area contributed by atoms with Crippen molar-refractivity contribution in [2.75, 3.05) is 12.4 Å². The lowest BCUT2D eigenvalue weighted by atomic mass is 10.2. The number of amides is 1. The van der Waals surface area contributed by atoms with Crippen LogP contribution < -0.4 is 5.32 Å². The van der Waals surface area contributed by atoms with Crippen molar-refractivity contribution < 1.29 is 13.2 Å². The monoisotopic (exact) mass is 372 g/mol. The van der Waals surface area contributed by atoms with E-state index in [1.165, 1.54) is 30.5 Å². The van der Waals surface area contributed by atoms with Crippen LogP contribution in [-0.2, 0) is 15.0 Å². The van der Waals surface area contributed by atoms with Crippen LogP contribution in [0.25, 0.3) is 0 Å². The van der Waals surface area contributed by atoms with Crippen LogP contribution in [0.1, 0.15) is 10.4 Å². The van der Waals surface area contributed by atoms with Crippen LogP contribution in [0.4, 0.5) is 5.69 Å². The Morgan fingerprint density at radius 3 is 2.80 bits per heavy atom. The van der Waals surface area contributed by atoms with E-state index in [0.29, 0.717) is 16.1 Å². The van der Waals surface area contributed by atoms with Gasteiger partial charge in [0.25, 0.3) is 5.91 Å². The van der Waals surface area contributed by atoms with Gasteiger partial charge in [-0.15, -0.1) is 15.7 Å². The summed E-state index contributed by atoms with van der Waals surface area (Å²) in [6, 6.07) is 11.8. The smallest absolute Gasteiger partial charge is 0.321 e. The molecule has 1 aromatic heterocycles. The predicted octanol–water partition coefficient (Wildman–Crippen LogP) is 2.12. The molecule has 0 unspecified atom stereocenters. The molecule has 0 aliphatic carbocycles. The molecule has 1 amide bonds. The fourth-order valence-electron chi connectivity index (χ4n) is 2.17. The minimum atomic E-state index is -3.99. The molecule has 9 heteroatoms. The topological polar surface area (TPSA) is 103 Å². The summed E-state index contributed by atoms with van der Waals surface area (Å²) in [7, 11) is -2.72. The fraction of sp³-hybridized carbons (Fsp3) is 0.0625. The Bertz CT molecular complexity index is 1030. The largest absolute Gasteiger partial charge is 0.345 e. The third-order valence-corrected chi connectivity index (χ3v) is 5.64. The van der Waals surface area contributed by atoms with Crippen LogP contribution in [-0.4, -0.2) is 31.4 Å². The fourth-order valence-corrected chi connectivity index (χ4v) is 3.82. The SMILES string of the molecule is CN1C(C(=O)Nc2cccc(C#N)c2)=CC(c2cccs2)=NS1(=O)=O. The van der Waals surface area contributed by atoms with Gasteiger partial charge in [0.2, 0.25) is 0 Å². The maximum Gasteiger partial charge on any atom is 0.345 e. The van der Waals surface area contributed by atoms with E-state index in [-0.39, 0.29) is 11.4 Å². The lowest BCUT2D eigenvalue weighted by Crippen LogP contribution is -2.35. The summed E-state index contributed by atoms with van der Waals surface area (Å²) in [5, 5.41) is 13.3. The van der Waals surface area contributed by atoms with Gasteiger partial charge in [0, 0.05) is 12.7 Å². The molecule has 3 rings (SSSR count). The number of nitriles is 1. The van der Waals surface area contributed by atoms with Gasteiger partial charge in [-0.05, 0) is 35.7 Å². The molecule has 1 aliphatic rings. The van der Waals surface area contributed by atoms with Crippen molar-refractivity contribution in [2.45, 2.75) is 0 Å². The Balaban J connectivity index is 1.95. The Morgan fingerprint density at radius 2 is 2.12 bits per heavy atom. The zero-order chi connectivity index (χ0) is 18.0. The molecule has 0 fully saturated rings. The van der Waals surface area contributed by atoms with Gasteiger partial charge in [0.05, 0.1) is 22.2 Å². The number of nitrogens with one attached hydrogen (secondary N) is 1. The zero-order valence-corrected chi connectivity index (χ0v) is 14.6. The first kappa shape index (κ1) is 16.9.